The molecule has 3 aromatic carbocycles. The summed E-state index contributed by atoms with van der Waals surface area (Å²) in [5.41, 5.74) is 0.673. The van der Waals surface area contributed by atoms with Crippen molar-refractivity contribution in [3.63, 3.8) is 0 Å². The van der Waals surface area contributed by atoms with Crippen molar-refractivity contribution in [3.8, 4) is 5.75 Å². The van der Waals surface area contributed by atoms with E-state index in [0.29, 0.717) is 5.69 Å². The van der Waals surface area contributed by atoms with Crippen LogP contribution >= 0.6 is 34.8 Å². The number of hydrogen-bond donors (Lipinski definition) is 3. The summed E-state index contributed by atoms with van der Waals surface area (Å²) in [6.45, 7) is -0.255. The SMILES string of the molecule is COc1c(NCC(=O)Nc2ccc(S(=O)(=O)Nc3cccc(Cl)c3Cl)cc2)cc(Cl)cc1S(C)(=O)=O. The molecule has 3 aromatic rings. The summed E-state index contributed by atoms with van der Waals surface area (Å²) >= 11 is 18.0. The number of carbonyl (C=O) groups excluding carboxylic acids is 1. The minimum atomic E-state index is -3.97. The molecule has 0 bridgehead atoms. The van der Waals surface area contributed by atoms with Gasteiger partial charge in [-0.2, -0.15) is 0 Å². The van der Waals surface area contributed by atoms with E-state index in [1.165, 1.54) is 55.6 Å². The van der Waals surface area contributed by atoms with Crippen molar-refractivity contribution >= 4 is 77.6 Å². The molecule has 192 valence electrons. The fourth-order valence-corrected chi connectivity index (χ4v) is 5.70. The van der Waals surface area contributed by atoms with Crippen molar-refractivity contribution in [1.82, 2.24) is 0 Å². The van der Waals surface area contributed by atoms with E-state index in [1.807, 2.05) is 0 Å². The number of sulfonamides is 1. The lowest BCUT2D eigenvalue weighted by molar-refractivity contribution is -0.114. The third-order valence-corrected chi connectivity index (χ3v) is 8.23. The second-order valence-corrected chi connectivity index (χ2v) is 12.3. The van der Waals surface area contributed by atoms with Crippen molar-refractivity contribution in [3.05, 3.63) is 69.7 Å². The van der Waals surface area contributed by atoms with E-state index in [9.17, 15) is 21.6 Å². The zero-order chi connectivity index (χ0) is 26.7. The molecule has 9 nitrogen and oxygen atoms in total. The van der Waals surface area contributed by atoms with Gasteiger partial charge in [0, 0.05) is 17.0 Å². The third-order valence-electron chi connectivity index (χ3n) is 4.71. The Morgan fingerprint density at radius 3 is 2.22 bits per heavy atom. The first-order valence-electron chi connectivity index (χ1n) is 10.00. The number of sulfone groups is 1. The molecule has 14 heteroatoms. The third kappa shape index (κ3) is 6.74. The van der Waals surface area contributed by atoms with Gasteiger partial charge >= 0.3 is 0 Å². The van der Waals surface area contributed by atoms with Crippen LogP contribution in [0, 0.1) is 0 Å². The molecule has 0 heterocycles. The topological polar surface area (TPSA) is 131 Å². The molecule has 0 spiro atoms. The summed E-state index contributed by atoms with van der Waals surface area (Å²) in [6, 6.07) is 12.7. The van der Waals surface area contributed by atoms with Crippen LogP contribution in [0.1, 0.15) is 0 Å². The molecule has 0 radical (unpaired) electrons. The lowest BCUT2D eigenvalue weighted by atomic mass is 10.3. The molecule has 3 rings (SSSR count). The van der Waals surface area contributed by atoms with Crippen molar-refractivity contribution in [2.75, 3.05) is 35.3 Å². The predicted molar refractivity (Wildman–Crippen MR) is 142 cm³/mol. The predicted octanol–water partition coefficient (Wildman–Crippen LogP) is 4.91. The number of ether oxygens (including phenoxy) is 1. The Bertz CT molecular complexity index is 1510. The Morgan fingerprint density at radius 1 is 0.944 bits per heavy atom. The molecule has 0 aliphatic carbocycles. The number of carbonyl (C=O) groups is 1. The van der Waals surface area contributed by atoms with Crippen LogP contribution in [0.25, 0.3) is 0 Å². The number of nitrogens with one attached hydrogen (secondary N) is 3. The lowest BCUT2D eigenvalue weighted by Gasteiger charge is -2.15. The number of anilines is 3. The fraction of sp³-hybridized carbons (Fsp3) is 0.136. The maximum atomic E-state index is 12.7. The summed E-state index contributed by atoms with van der Waals surface area (Å²) in [5.74, 6) is -0.464. The fourth-order valence-electron chi connectivity index (χ4n) is 3.07. The average molecular weight is 593 g/mol. The molecule has 0 aliphatic rings. The Morgan fingerprint density at radius 2 is 1.61 bits per heavy atom. The van der Waals surface area contributed by atoms with Gasteiger partial charge in [0.1, 0.15) is 4.90 Å². The Hall–Kier alpha value is -2.70. The van der Waals surface area contributed by atoms with Gasteiger partial charge in [-0.05, 0) is 48.5 Å². The van der Waals surface area contributed by atoms with Gasteiger partial charge in [0.05, 0.1) is 40.0 Å². The molecule has 0 saturated carbocycles. The van der Waals surface area contributed by atoms with E-state index in [2.05, 4.69) is 15.4 Å². The van der Waals surface area contributed by atoms with Crippen LogP contribution in [-0.4, -0.2) is 42.7 Å². The summed E-state index contributed by atoms with van der Waals surface area (Å²) in [4.78, 5) is 12.2. The maximum Gasteiger partial charge on any atom is 0.261 e. The van der Waals surface area contributed by atoms with Gasteiger partial charge in [-0.1, -0.05) is 40.9 Å². The highest BCUT2D eigenvalue weighted by molar-refractivity contribution is 7.92. The van der Waals surface area contributed by atoms with Crippen molar-refractivity contribution < 1.29 is 26.4 Å². The highest BCUT2D eigenvalue weighted by Crippen LogP contribution is 2.35. The van der Waals surface area contributed by atoms with Crippen LogP contribution in [0.2, 0.25) is 15.1 Å². The van der Waals surface area contributed by atoms with E-state index in [-0.39, 0.29) is 48.5 Å². The average Bonchev–Trinajstić information content (AvgIpc) is 2.80. The number of amides is 1. The first kappa shape index (κ1) is 27.9. The molecule has 0 saturated heterocycles. The molecule has 0 aromatic heterocycles. The highest BCUT2D eigenvalue weighted by Gasteiger charge is 2.20. The van der Waals surface area contributed by atoms with E-state index < -0.39 is 25.8 Å². The van der Waals surface area contributed by atoms with Gasteiger partial charge in [-0.15, -0.1) is 0 Å². The normalized spacial score (nSPS) is 11.6. The van der Waals surface area contributed by atoms with Gasteiger partial charge in [-0.3, -0.25) is 9.52 Å². The van der Waals surface area contributed by atoms with E-state index in [4.69, 9.17) is 39.5 Å². The monoisotopic (exact) mass is 591 g/mol. The lowest BCUT2D eigenvalue weighted by Crippen LogP contribution is -2.22. The van der Waals surface area contributed by atoms with Crippen LogP contribution in [0.5, 0.6) is 5.75 Å². The number of hydrogen-bond acceptors (Lipinski definition) is 7. The summed E-state index contributed by atoms with van der Waals surface area (Å²) < 4.78 is 56.9. The minimum Gasteiger partial charge on any atom is -0.493 e. The maximum absolute atomic E-state index is 12.7. The number of benzene rings is 3. The van der Waals surface area contributed by atoms with Crippen LogP contribution in [-0.2, 0) is 24.7 Å². The second kappa shape index (κ2) is 11.1. The largest absolute Gasteiger partial charge is 0.493 e. The van der Waals surface area contributed by atoms with E-state index >= 15 is 0 Å². The smallest absolute Gasteiger partial charge is 0.261 e. The van der Waals surface area contributed by atoms with Gasteiger partial charge in [0.2, 0.25) is 5.91 Å². The van der Waals surface area contributed by atoms with Crippen LogP contribution in [0.4, 0.5) is 17.1 Å². The summed E-state index contributed by atoms with van der Waals surface area (Å²) in [5, 5.41) is 5.81. The zero-order valence-electron chi connectivity index (χ0n) is 18.8. The first-order valence-corrected chi connectivity index (χ1v) is 14.5. The van der Waals surface area contributed by atoms with E-state index in [1.54, 1.807) is 6.07 Å². The van der Waals surface area contributed by atoms with Gasteiger partial charge < -0.3 is 15.4 Å². The summed E-state index contributed by atoms with van der Waals surface area (Å²) in [6.07, 6.45) is 1.01. The van der Waals surface area contributed by atoms with E-state index in [0.717, 1.165) is 6.26 Å². The molecule has 0 fully saturated rings. The molecule has 0 aliphatic heterocycles. The number of rotatable bonds is 9. The Balaban J connectivity index is 1.69. The molecular formula is C22H20Cl3N3O6S2. The minimum absolute atomic E-state index is 0.0246. The molecule has 3 N–H and O–H groups in total. The number of halogens is 3. The van der Waals surface area contributed by atoms with Gasteiger partial charge in [0.25, 0.3) is 10.0 Å². The molecule has 0 unspecified atom stereocenters. The molecule has 1 amide bonds. The Kier molecular flexibility index (Phi) is 8.63. The van der Waals surface area contributed by atoms with Crippen molar-refractivity contribution in [2.45, 2.75) is 9.79 Å². The molecule has 0 atom stereocenters. The van der Waals surface area contributed by atoms with Crippen molar-refractivity contribution in [1.29, 1.82) is 0 Å². The standard InChI is InChI=1S/C22H20Cl3N3O6S2/c1-34-22-18(10-13(23)11-19(22)35(2,30)31)26-12-20(29)27-14-6-8-15(9-7-14)36(32,33)28-17-5-3-4-16(24)21(17)25/h3-11,26,28H,12H2,1-2H3,(H,27,29). The highest BCUT2D eigenvalue weighted by atomic mass is 35.5. The van der Waals surface area contributed by atoms with Crippen LogP contribution in [0.3, 0.4) is 0 Å². The van der Waals surface area contributed by atoms with Crippen molar-refractivity contribution in [2.24, 2.45) is 0 Å². The number of methoxy groups -OCH3 is 1. The second-order valence-electron chi connectivity index (χ2n) is 7.39. The zero-order valence-corrected chi connectivity index (χ0v) is 22.7. The van der Waals surface area contributed by atoms with Gasteiger partial charge in [0.15, 0.2) is 15.6 Å². The first-order chi connectivity index (χ1) is 16.8. The molecule has 36 heavy (non-hydrogen) atoms. The van der Waals surface area contributed by atoms with Crippen LogP contribution in [0.15, 0.2) is 64.4 Å². The summed E-state index contributed by atoms with van der Waals surface area (Å²) in [7, 11) is -6.30. The van der Waals surface area contributed by atoms with Crippen LogP contribution < -0.4 is 20.1 Å². The Labute approximate surface area is 223 Å². The molecular weight excluding hydrogens is 573 g/mol. The quantitative estimate of drug-likeness (QED) is 0.322. The van der Waals surface area contributed by atoms with Gasteiger partial charge in [-0.25, -0.2) is 16.8 Å².